The van der Waals surface area contributed by atoms with Crippen LogP contribution in [0.3, 0.4) is 0 Å². The molecular weight excluding hydrogens is 768 g/mol. The van der Waals surface area contributed by atoms with Crippen LogP contribution in [0.15, 0.2) is 108 Å². The molecule has 0 aromatic heterocycles. The Kier molecular flexibility index (Phi) is 9.54. The number of aryl methyl sites for hydroxylation is 8. The zero-order chi connectivity index (χ0) is 40.0. The predicted molar refractivity (Wildman–Crippen MR) is 246 cm³/mol. The molecule has 0 heterocycles. The molecule has 0 fully saturated rings. The van der Waals surface area contributed by atoms with E-state index in [2.05, 4.69) is 195 Å². The van der Waals surface area contributed by atoms with Crippen LogP contribution < -0.4 is 0 Å². The van der Waals surface area contributed by atoms with Gasteiger partial charge in [-0.3, -0.25) is 0 Å². The molecule has 0 spiro atoms. The van der Waals surface area contributed by atoms with Gasteiger partial charge in [0.2, 0.25) is 0 Å². The molecule has 0 radical (unpaired) electrons. The van der Waals surface area contributed by atoms with Crippen molar-refractivity contribution in [2.45, 2.75) is 85.8 Å². The molecule has 0 bridgehead atoms. The summed E-state index contributed by atoms with van der Waals surface area (Å²) in [5.41, 5.74) is 30.5. The Hall–Kier alpha value is -4.10. The van der Waals surface area contributed by atoms with Gasteiger partial charge in [-0.25, -0.2) is 0 Å². The number of allylic oxidation sites excluding steroid dienone is 2. The van der Waals surface area contributed by atoms with E-state index in [0.717, 1.165) is 0 Å². The van der Waals surface area contributed by atoms with Crippen molar-refractivity contribution in [1.29, 1.82) is 0 Å². The van der Waals surface area contributed by atoms with Crippen LogP contribution in [0.5, 0.6) is 0 Å². The summed E-state index contributed by atoms with van der Waals surface area (Å²) in [7, 11) is 0. The van der Waals surface area contributed by atoms with Crippen molar-refractivity contribution in [1.82, 2.24) is 0 Å². The van der Waals surface area contributed by atoms with Crippen molar-refractivity contribution >= 4 is 19.0 Å². The first kappa shape index (κ1) is 38.8. The molecule has 0 amide bonds. The topological polar surface area (TPSA) is 0 Å². The Labute approximate surface area is 339 Å². The fourth-order valence-electron chi connectivity index (χ4n) is 11.4. The van der Waals surface area contributed by atoms with Gasteiger partial charge < -0.3 is 0 Å². The summed E-state index contributed by atoms with van der Waals surface area (Å²) in [4.78, 5) is 0. The first-order chi connectivity index (χ1) is 26.4. The van der Waals surface area contributed by atoms with Gasteiger partial charge in [0.1, 0.15) is 0 Å². The molecule has 8 rings (SSSR count). The number of fused-ring (bicyclic) bond motifs is 2. The van der Waals surface area contributed by atoms with Crippen LogP contribution in [0, 0.1) is 55.4 Å². The van der Waals surface area contributed by atoms with Gasteiger partial charge in [0, 0.05) is 0 Å². The van der Waals surface area contributed by atoms with Crippen molar-refractivity contribution in [3.8, 4) is 44.5 Å². The molecule has 2 aliphatic rings. The molecule has 2 heteroatoms. The van der Waals surface area contributed by atoms with E-state index < -0.39 is 17.4 Å². The van der Waals surface area contributed by atoms with Crippen LogP contribution in [0.1, 0.15) is 87.9 Å². The summed E-state index contributed by atoms with van der Waals surface area (Å²) < 4.78 is 6.36. The Morgan fingerprint density at radius 1 is 0.357 bits per heavy atom. The summed E-state index contributed by atoms with van der Waals surface area (Å²) in [6, 6.07) is 38.2. The molecule has 6 aromatic rings. The van der Waals surface area contributed by atoms with Gasteiger partial charge in [0.25, 0.3) is 0 Å². The van der Waals surface area contributed by atoms with E-state index >= 15 is 0 Å². The number of benzene rings is 6. The van der Waals surface area contributed by atoms with Crippen LogP contribution in [-0.2, 0) is 17.4 Å². The summed E-state index contributed by atoms with van der Waals surface area (Å²) in [5.74, 6) is 0. The fraction of sp³-hybridized carbons (Fsp3) is 0.259. The second-order valence-electron chi connectivity index (χ2n) is 19.1. The normalized spacial score (nSPS) is 16.4. The molecule has 2 unspecified atom stereocenters. The number of hydrogen-bond acceptors (Lipinski definition) is 0. The van der Waals surface area contributed by atoms with E-state index in [1.807, 2.05) is 0 Å². The van der Waals surface area contributed by atoms with Crippen LogP contribution >= 0.6 is 0 Å². The first-order valence-electron chi connectivity index (χ1n) is 20.5. The second-order valence-corrected chi connectivity index (χ2v) is 49.5. The maximum absolute atomic E-state index is 4.06. The standard InChI is InChI=1S/2C26H25.2CH3.H2Si.Zr/c2*1-16-8-17(2)11-21(10-16)23-6-7-24(26-15-20(5)14-25(23)26)22-12-18(3)9-19(4)13-22;;;;/h2*6-15H,1-5H3;2*1H3;1H2;. The average Bonchev–Trinajstić information content (AvgIpc) is 3.63. The predicted octanol–water partition coefficient (Wildman–Crippen LogP) is 14.8. The summed E-state index contributed by atoms with van der Waals surface area (Å²) in [6.07, 6.45) is 5.19. The molecule has 2 aliphatic carbocycles. The monoisotopic (exact) mass is 824 g/mol. The van der Waals surface area contributed by atoms with Crippen molar-refractivity contribution < 1.29 is 17.4 Å². The van der Waals surface area contributed by atoms with E-state index in [-0.39, 0.29) is 0 Å². The molecule has 0 saturated heterocycles. The van der Waals surface area contributed by atoms with Gasteiger partial charge in [-0.1, -0.05) is 0 Å². The van der Waals surface area contributed by atoms with Gasteiger partial charge in [-0.15, -0.1) is 0 Å². The third kappa shape index (κ3) is 6.66. The Balaban J connectivity index is 1.43. The van der Waals surface area contributed by atoms with E-state index in [1.165, 1.54) is 111 Å². The molecular formula is C54H58SiZr. The third-order valence-corrected chi connectivity index (χ3v) is 30.6. The van der Waals surface area contributed by atoms with Gasteiger partial charge >= 0.3 is 342 Å². The van der Waals surface area contributed by atoms with Gasteiger partial charge in [0.05, 0.1) is 0 Å². The van der Waals surface area contributed by atoms with Crippen LogP contribution in [0.25, 0.3) is 56.7 Å². The van der Waals surface area contributed by atoms with Crippen LogP contribution in [0.4, 0.5) is 0 Å². The van der Waals surface area contributed by atoms with E-state index in [4.69, 9.17) is 0 Å². The summed E-state index contributed by atoms with van der Waals surface area (Å²) >= 11 is -4.06. The SMILES string of the molecule is CC1=Cc2c(-c3cc(C)cc(C)c3)ccc(-c3cc(C)cc(C)c3)c2[CH]1[Zr]([CH3])([CH3])(=[SiH2])[CH]1C(C)=Cc2c(-c3cc(C)cc(C)c3)ccc(-c3cc(C)cc(C)c3)c21. The van der Waals surface area contributed by atoms with E-state index in [9.17, 15) is 0 Å². The van der Waals surface area contributed by atoms with Gasteiger partial charge in [-0.2, -0.15) is 0 Å². The molecule has 6 aromatic carbocycles. The first-order valence-corrected chi connectivity index (χ1v) is 34.2. The maximum atomic E-state index is 2.80. The Morgan fingerprint density at radius 2 is 0.589 bits per heavy atom. The molecule has 0 aliphatic heterocycles. The Morgan fingerprint density at radius 3 is 0.857 bits per heavy atom. The molecule has 2 atom stereocenters. The van der Waals surface area contributed by atoms with Gasteiger partial charge in [-0.05, 0) is 0 Å². The minimum absolute atomic E-state index is 0.378. The Bertz CT molecular complexity index is 2510. The zero-order valence-electron chi connectivity index (χ0n) is 35.8. The van der Waals surface area contributed by atoms with Crippen molar-refractivity contribution in [3.63, 3.8) is 0 Å². The van der Waals surface area contributed by atoms with E-state index in [1.54, 1.807) is 11.1 Å². The van der Waals surface area contributed by atoms with Crippen LogP contribution in [0.2, 0.25) is 9.26 Å². The average molecular weight is 826 g/mol. The van der Waals surface area contributed by atoms with Crippen LogP contribution in [-0.4, -0.2) is 6.88 Å². The van der Waals surface area contributed by atoms with E-state index in [0.29, 0.717) is 7.25 Å². The van der Waals surface area contributed by atoms with Gasteiger partial charge in [0.15, 0.2) is 0 Å². The molecule has 282 valence electrons. The molecule has 0 N–H and O–H groups in total. The van der Waals surface area contributed by atoms with Crippen molar-refractivity contribution in [3.05, 3.63) is 175 Å². The molecule has 0 saturated carbocycles. The quantitative estimate of drug-likeness (QED) is 0.147. The third-order valence-electron chi connectivity index (χ3n) is 12.8. The number of rotatable bonds is 6. The van der Waals surface area contributed by atoms with Crippen molar-refractivity contribution in [2.24, 2.45) is 0 Å². The summed E-state index contributed by atoms with van der Waals surface area (Å²) in [6.45, 7) is 25.3. The fourth-order valence-corrected chi connectivity index (χ4v) is 32.4. The zero-order valence-corrected chi connectivity index (χ0v) is 39.6. The summed E-state index contributed by atoms with van der Waals surface area (Å²) in [5, 5.41) is 0. The van der Waals surface area contributed by atoms with Crippen molar-refractivity contribution in [2.75, 3.05) is 0 Å². The second kappa shape index (κ2) is 13.8. The number of hydrogen-bond donors (Lipinski definition) is 0. The molecule has 0 nitrogen and oxygen atoms in total. The molecule has 56 heavy (non-hydrogen) atoms. The minimum atomic E-state index is -4.06.